The summed E-state index contributed by atoms with van der Waals surface area (Å²) < 4.78 is 39.0. The minimum absolute atomic E-state index is 0.0266. The van der Waals surface area contributed by atoms with Crippen molar-refractivity contribution in [3.63, 3.8) is 0 Å². The second kappa shape index (κ2) is 5.69. The van der Waals surface area contributed by atoms with E-state index < -0.39 is 11.7 Å². The monoisotopic (exact) mass is 357 g/mol. The molecule has 0 amide bonds. The lowest BCUT2D eigenvalue weighted by atomic mass is 9.72. The van der Waals surface area contributed by atoms with E-state index in [9.17, 15) is 13.2 Å². The highest BCUT2D eigenvalue weighted by Crippen LogP contribution is 2.51. The van der Waals surface area contributed by atoms with Gasteiger partial charge in [-0.15, -0.1) is 0 Å². The maximum absolute atomic E-state index is 13.0. The number of hydrogen-bond acceptors (Lipinski definition) is 3. The molecule has 1 atom stereocenters. The number of alkyl halides is 3. The van der Waals surface area contributed by atoms with Crippen molar-refractivity contribution in [1.82, 2.24) is 9.97 Å². The van der Waals surface area contributed by atoms with Gasteiger partial charge in [0, 0.05) is 35.9 Å². The van der Waals surface area contributed by atoms with Crippen molar-refractivity contribution >= 4 is 16.6 Å². The van der Waals surface area contributed by atoms with Gasteiger partial charge >= 0.3 is 6.18 Å². The molecule has 0 spiro atoms. The summed E-state index contributed by atoms with van der Waals surface area (Å²) in [4.78, 5) is 10.8. The van der Waals surface area contributed by atoms with Crippen LogP contribution in [0.25, 0.3) is 10.8 Å². The lowest BCUT2D eigenvalue weighted by Gasteiger charge is -2.55. The Kier molecular flexibility index (Phi) is 3.68. The van der Waals surface area contributed by atoms with Crippen molar-refractivity contribution in [2.45, 2.75) is 26.1 Å². The van der Waals surface area contributed by atoms with Crippen LogP contribution in [-0.4, -0.2) is 16.5 Å². The molecule has 1 saturated heterocycles. The number of halogens is 3. The third-order valence-electron chi connectivity index (χ3n) is 4.97. The van der Waals surface area contributed by atoms with Crippen molar-refractivity contribution in [2.75, 3.05) is 11.4 Å². The molecule has 1 aliphatic rings. The Morgan fingerprint density at radius 1 is 1.12 bits per heavy atom. The van der Waals surface area contributed by atoms with E-state index in [1.54, 1.807) is 18.5 Å². The van der Waals surface area contributed by atoms with Crippen LogP contribution >= 0.6 is 0 Å². The fourth-order valence-corrected chi connectivity index (χ4v) is 3.86. The van der Waals surface area contributed by atoms with Gasteiger partial charge in [-0.3, -0.25) is 4.98 Å². The summed E-state index contributed by atoms with van der Waals surface area (Å²) in [6.07, 6.45) is 0.790. The van der Waals surface area contributed by atoms with Crippen LogP contribution in [0.15, 0.2) is 55.0 Å². The first-order chi connectivity index (χ1) is 12.3. The highest BCUT2D eigenvalue weighted by atomic mass is 19.4. The van der Waals surface area contributed by atoms with Crippen LogP contribution in [0.2, 0.25) is 0 Å². The Hall–Kier alpha value is -2.63. The van der Waals surface area contributed by atoms with Gasteiger partial charge in [-0.25, -0.2) is 4.98 Å². The van der Waals surface area contributed by atoms with Crippen molar-refractivity contribution in [3.8, 4) is 0 Å². The number of rotatable bonds is 2. The maximum atomic E-state index is 13.0. The molecular weight excluding hydrogens is 339 g/mol. The van der Waals surface area contributed by atoms with Crippen LogP contribution in [0.4, 0.5) is 19.0 Å². The zero-order chi connectivity index (χ0) is 18.5. The molecular formula is C20H18F3N3. The molecule has 3 heterocycles. The molecule has 3 nitrogen and oxygen atoms in total. The van der Waals surface area contributed by atoms with Crippen LogP contribution in [0.1, 0.15) is 31.0 Å². The van der Waals surface area contributed by atoms with Gasteiger partial charge in [0.2, 0.25) is 0 Å². The molecule has 0 aliphatic carbocycles. The van der Waals surface area contributed by atoms with E-state index in [2.05, 4.69) is 28.7 Å². The largest absolute Gasteiger partial charge is 0.416 e. The standard InChI is InChI=1S/C20H18F3N3/c1-19(2)12-26(17(19)14-4-3-8-24-11-14)18-16-6-5-15(20(21,22)23)10-13(16)7-9-25-18/h3-11,17H,12H2,1-2H3. The second-order valence-corrected chi connectivity index (χ2v) is 7.37. The lowest BCUT2D eigenvalue weighted by molar-refractivity contribution is -0.137. The van der Waals surface area contributed by atoms with Gasteiger partial charge in [-0.05, 0) is 35.2 Å². The fourth-order valence-electron chi connectivity index (χ4n) is 3.86. The van der Waals surface area contributed by atoms with Gasteiger partial charge in [0.25, 0.3) is 0 Å². The molecule has 1 fully saturated rings. The molecule has 26 heavy (non-hydrogen) atoms. The normalized spacial score (nSPS) is 19.4. The Morgan fingerprint density at radius 3 is 2.58 bits per heavy atom. The molecule has 0 saturated carbocycles. The Morgan fingerprint density at radius 2 is 1.92 bits per heavy atom. The van der Waals surface area contributed by atoms with Crippen LogP contribution in [-0.2, 0) is 6.18 Å². The second-order valence-electron chi connectivity index (χ2n) is 7.37. The molecule has 0 radical (unpaired) electrons. The van der Waals surface area contributed by atoms with E-state index in [-0.39, 0.29) is 11.5 Å². The zero-order valence-corrected chi connectivity index (χ0v) is 14.5. The molecule has 6 heteroatoms. The molecule has 0 bridgehead atoms. The summed E-state index contributed by atoms with van der Waals surface area (Å²) in [5, 5.41) is 1.27. The number of pyridine rings is 2. The van der Waals surface area contributed by atoms with Crippen LogP contribution < -0.4 is 4.90 Å². The van der Waals surface area contributed by atoms with Gasteiger partial charge in [-0.2, -0.15) is 13.2 Å². The lowest BCUT2D eigenvalue weighted by Crippen LogP contribution is -2.56. The van der Waals surface area contributed by atoms with E-state index in [0.717, 1.165) is 23.6 Å². The van der Waals surface area contributed by atoms with Gasteiger partial charge in [-0.1, -0.05) is 26.0 Å². The highest BCUT2D eigenvalue weighted by molar-refractivity contribution is 5.93. The molecule has 1 aromatic carbocycles. The number of fused-ring (bicyclic) bond motifs is 1. The third kappa shape index (κ3) is 2.69. The molecule has 4 rings (SSSR count). The highest BCUT2D eigenvalue weighted by Gasteiger charge is 2.47. The predicted molar refractivity (Wildman–Crippen MR) is 94.9 cm³/mol. The Balaban J connectivity index is 1.79. The Bertz CT molecular complexity index is 951. The van der Waals surface area contributed by atoms with Crippen molar-refractivity contribution in [3.05, 3.63) is 66.1 Å². The number of anilines is 1. The molecule has 2 aromatic heterocycles. The van der Waals surface area contributed by atoms with Gasteiger partial charge in [0.05, 0.1) is 11.6 Å². The minimum Gasteiger partial charge on any atom is -0.348 e. The zero-order valence-electron chi connectivity index (χ0n) is 14.5. The number of hydrogen-bond donors (Lipinski definition) is 0. The first-order valence-electron chi connectivity index (χ1n) is 8.40. The number of aromatic nitrogens is 2. The summed E-state index contributed by atoms with van der Waals surface area (Å²) in [5.74, 6) is 0.712. The van der Waals surface area contributed by atoms with Crippen LogP contribution in [0.3, 0.4) is 0 Å². The molecule has 1 aliphatic heterocycles. The first-order valence-corrected chi connectivity index (χ1v) is 8.40. The van der Waals surface area contributed by atoms with E-state index in [0.29, 0.717) is 11.2 Å². The van der Waals surface area contributed by atoms with Crippen molar-refractivity contribution in [1.29, 1.82) is 0 Å². The minimum atomic E-state index is -4.35. The summed E-state index contributed by atoms with van der Waals surface area (Å²) in [6, 6.07) is 9.45. The SMILES string of the molecule is CC1(C)CN(c2nccc3cc(C(F)(F)F)ccc23)C1c1cccnc1. The molecule has 134 valence electrons. The number of nitrogens with zero attached hydrogens (tertiary/aromatic N) is 3. The van der Waals surface area contributed by atoms with E-state index in [1.807, 2.05) is 18.3 Å². The van der Waals surface area contributed by atoms with Crippen LogP contribution in [0.5, 0.6) is 0 Å². The van der Waals surface area contributed by atoms with Crippen LogP contribution in [0, 0.1) is 5.41 Å². The third-order valence-corrected chi connectivity index (χ3v) is 4.97. The smallest absolute Gasteiger partial charge is 0.348 e. The predicted octanol–water partition coefficient (Wildman–Crippen LogP) is 5.24. The molecule has 1 unspecified atom stereocenters. The topological polar surface area (TPSA) is 29.0 Å². The van der Waals surface area contributed by atoms with E-state index >= 15 is 0 Å². The first kappa shape index (κ1) is 16.8. The number of benzene rings is 1. The Labute approximate surface area is 149 Å². The van der Waals surface area contributed by atoms with Gasteiger partial charge in [0.15, 0.2) is 0 Å². The average Bonchev–Trinajstić information content (AvgIpc) is 2.59. The summed E-state index contributed by atoms with van der Waals surface area (Å²) in [6.45, 7) is 5.13. The van der Waals surface area contributed by atoms with Crippen molar-refractivity contribution in [2.24, 2.45) is 5.41 Å². The molecule has 0 N–H and O–H groups in total. The maximum Gasteiger partial charge on any atom is 0.416 e. The molecule has 3 aromatic rings. The summed E-state index contributed by atoms with van der Waals surface area (Å²) in [5.41, 5.74) is 0.461. The average molecular weight is 357 g/mol. The van der Waals surface area contributed by atoms with E-state index in [1.165, 1.54) is 12.1 Å². The van der Waals surface area contributed by atoms with E-state index in [4.69, 9.17) is 0 Å². The summed E-state index contributed by atoms with van der Waals surface area (Å²) in [7, 11) is 0. The van der Waals surface area contributed by atoms with Gasteiger partial charge < -0.3 is 4.90 Å². The van der Waals surface area contributed by atoms with Gasteiger partial charge in [0.1, 0.15) is 5.82 Å². The van der Waals surface area contributed by atoms with Crippen molar-refractivity contribution < 1.29 is 13.2 Å². The quantitative estimate of drug-likeness (QED) is 0.628. The summed E-state index contributed by atoms with van der Waals surface area (Å²) >= 11 is 0. The fraction of sp³-hybridized carbons (Fsp3) is 0.300.